The summed E-state index contributed by atoms with van der Waals surface area (Å²) in [4.78, 5) is 13.6. The summed E-state index contributed by atoms with van der Waals surface area (Å²) in [6.07, 6.45) is 2.17. The number of ketones is 1. The number of rotatable bonds is 3. The van der Waals surface area contributed by atoms with Gasteiger partial charge in [0.1, 0.15) is 0 Å². The van der Waals surface area contributed by atoms with Crippen LogP contribution in [0.15, 0.2) is 17.2 Å². The first kappa shape index (κ1) is 18.8. The highest BCUT2D eigenvalue weighted by Crippen LogP contribution is 2.43. The van der Waals surface area contributed by atoms with Gasteiger partial charge in [-0.25, -0.2) is 8.42 Å². The van der Waals surface area contributed by atoms with Crippen LogP contribution in [0.2, 0.25) is 0 Å². The van der Waals surface area contributed by atoms with Gasteiger partial charge in [-0.2, -0.15) is 5.10 Å². The van der Waals surface area contributed by atoms with Gasteiger partial charge < -0.3 is 0 Å². The molecule has 2 aromatic rings. The van der Waals surface area contributed by atoms with Gasteiger partial charge in [0.2, 0.25) is 0 Å². The van der Waals surface area contributed by atoms with Gasteiger partial charge in [-0.3, -0.25) is 9.48 Å². The molecule has 1 aliphatic heterocycles. The minimum atomic E-state index is -3.31. The lowest BCUT2D eigenvalue weighted by atomic mass is 9.77. The van der Waals surface area contributed by atoms with Crippen molar-refractivity contribution in [3.8, 4) is 0 Å². The van der Waals surface area contributed by atoms with Crippen LogP contribution >= 0.6 is 0 Å². The fraction of sp³-hybridized carbons (Fsp3) is 0.500. The van der Waals surface area contributed by atoms with E-state index < -0.39 is 9.84 Å². The van der Waals surface area contributed by atoms with Crippen LogP contribution in [0, 0.1) is 20.8 Å². The molecule has 1 aromatic heterocycles. The normalized spacial score (nSPS) is 17.8. The zero-order chi connectivity index (χ0) is 19.4. The number of benzene rings is 1. The fourth-order valence-electron chi connectivity index (χ4n) is 4.09. The van der Waals surface area contributed by atoms with E-state index in [2.05, 4.69) is 18.9 Å². The Morgan fingerprint density at radius 2 is 1.88 bits per heavy atom. The van der Waals surface area contributed by atoms with Crippen molar-refractivity contribution in [2.45, 2.75) is 64.8 Å². The maximum Gasteiger partial charge on any atom is 0.196 e. The van der Waals surface area contributed by atoms with Crippen LogP contribution in [0.25, 0.3) is 0 Å². The Balaban J connectivity index is 2.27. The fourth-order valence-corrected chi connectivity index (χ4v) is 6.37. The van der Waals surface area contributed by atoms with Gasteiger partial charge in [-0.15, -0.1) is 0 Å². The third-order valence-electron chi connectivity index (χ3n) is 5.60. The largest absolute Gasteiger partial charge is 0.288 e. The van der Waals surface area contributed by atoms with Crippen LogP contribution in [0.5, 0.6) is 0 Å². The van der Waals surface area contributed by atoms with Crippen molar-refractivity contribution in [2.75, 3.05) is 5.75 Å². The smallest absolute Gasteiger partial charge is 0.196 e. The topological polar surface area (TPSA) is 69.0 Å². The van der Waals surface area contributed by atoms with Crippen molar-refractivity contribution in [2.24, 2.45) is 0 Å². The van der Waals surface area contributed by atoms with E-state index in [1.807, 2.05) is 20.8 Å². The van der Waals surface area contributed by atoms with E-state index in [0.717, 1.165) is 16.8 Å². The van der Waals surface area contributed by atoms with Gasteiger partial charge in [0, 0.05) is 17.8 Å². The molecule has 0 saturated carbocycles. The van der Waals surface area contributed by atoms with Gasteiger partial charge in [-0.1, -0.05) is 13.8 Å². The lowest BCUT2D eigenvalue weighted by Gasteiger charge is -2.35. The van der Waals surface area contributed by atoms with Crippen LogP contribution in [-0.2, 0) is 21.8 Å². The standard InChI is InChI=1S/C20H26N2O3S/c1-7-22-14(4)16(11-21-22)18(23)15-10-12(2)19-17(13(15)3)20(5,6)8-9-26(19,24)25/h10-11H,7-9H2,1-6H3. The summed E-state index contributed by atoms with van der Waals surface area (Å²) in [6, 6.07) is 1.73. The molecule has 3 rings (SSSR count). The van der Waals surface area contributed by atoms with Crippen LogP contribution in [-0.4, -0.2) is 29.7 Å². The van der Waals surface area contributed by atoms with Gasteiger partial charge in [0.25, 0.3) is 0 Å². The molecule has 2 heterocycles. The van der Waals surface area contributed by atoms with E-state index >= 15 is 0 Å². The van der Waals surface area contributed by atoms with Gasteiger partial charge in [-0.05, 0) is 62.3 Å². The number of carbonyl (C=O) groups is 1. The second-order valence-corrected chi connectivity index (χ2v) is 9.86. The Morgan fingerprint density at radius 1 is 1.23 bits per heavy atom. The summed E-state index contributed by atoms with van der Waals surface area (Å²) in [5.74, 6) is 0.0625. The second-order valence-electron chi connectivity index (χ2n) is 7.81. The summed E-state index contributed by atoms with van der Waals surface area (Å²) in [5.41, 5.74) is 3.92. The Bertz CT molecular complexity index is 1010. The zero-order valence-corrected chi connectivity index (χ0v) is 17.1. The van der Waals surface area contributed by atoms with Crippen molar-refractivity contribution in [3.05, 3.63) is 45.8 Å². The molecule has 6 heteroatoms. The summed E-state index contributed by atoms with van der Waals surface area (Å²) in [6.45, 7) is 12.3. The number of hydrogen-bond acceptors (Lipinski definition) is 4. The minimum Gasteiger partial charge on any atom is -0.288 e. The molecular weight excluding hydrogens is 348 g/mol. The summed E-state index contributed by atoms with van der Waals surface area (Å²) in [5, 5.41) is 4.27. The molecule has 0 radical (unpaired) electrons. The quantitative estimate of drug-likeness (QED) is 0.771. The van der Waals surface area contributed by atoms with Crippen LogP contribution in [0.3, 0.4) is 0 Å². The zero-order valence-electron chi connectivity index (χ0n) is 16.3. The number of carbonyl (C=O) groups excluding carboxylic acids is 1. The van der Waals surface area contributed by atoms with Crippen LogP contribution in [0.1, 0.15) is 65.5 Å². The van der Waals surface area contributed by atoms with Crippen molar-refractivity contribution in [1.29, 1.82) is 0 Å². The summed E-state index contributed by atoms with van der Waals surface area (Å²) >= 11 is 0. The molecule has 0 fully saturated rings. The average molecular weight is 375 g/mol. The number of sulfone groups is 1. The van der Waals surface area contributed by atoms with Gasteiger partial charge >= 0.3 is 0 Å². The van der Waals surface area contributed by atoms with Crippen LogP contribution < -0.4 is 0 Å². The van der Waals surface area contributed by atoms with Crippen molar-refractivity contribution < 1.29 is 13.2 Å². The first-order chi connectivity index (χ1) is 12.0. The van der Waals surface area contributed by atoms with E-state index in [1.165, 1.54) is 0 Å². The van der Waals surface area contributed by atoms with E-state index in [0.29, 0.717) is 34.6 Å². The number of fused-ring (bicyclic) bond motifs is 1. The molecule has 0 atom stereocenters. The molecule has 26 heavy (non-hydrogen) atoms. The van der Waals surface area contributed by atoms with Crippen molar-refractivity contribution in [1.82, 2.24) is 9.78 Å². The number of hydrogen-bond donors (Lipinski definition) is 0. The Morgan fingerprint density at radius 3 is 2.46 bits per heavy atom. The van der Waals surface area contributed by atoms with E-state index in [1.54, 1.807) is 23.9 Å². The van der Waals surface area contributed by atoms with E-state index in [9.17, 15) is 13.2 Å². The SMILES string of the molecule is CCn1ncc(C(=O)c2cc(C)c3c(c2C)C(C)(C)CCS3(=O)=O)c1C. The van der Waals surface area contributed by atoms with E-state index in [4.69, 9.17) is 0 Å². The lowest BCUT2D eigenvalue weighted by molar-refractivity contribution is 0.103. The number of nitrogens with zero attached hydrogens (tertiary/aromatic N) is 2. The first-order valence-electron chi connectivity index (χ1n) is 8.95. The predicted octanol–water partition coefficient (Wildman–Crippen LogP) is 3.51. The molecule has 0 spiro atoms. The molecule has 0 saturated heterocycles. The lowest BCUT2D eigenvalue weighted by Crippen LogP contribution is -2.33. The molecule has 0 amide bonds. The summed E-state index contributed by atoms with van der Waals surface area (Å²) < 4.78 is 27.2. The predicted molar refractivity (Wildman–Crippen MR) is 102 cm³/mol. The molecule has 0 bridgehead atoms. The van der Waals surface area contributed by atoms with E-state index in [-0.39, 0.29) is 17.0 Å². The second kappa shape index (κ2) is 6.05. The van der Waals surface area contributed by atoms with Gasteiger partial charge in [0.15, 0.2) is 15.6 Å². The Hall–Kier alpha value is -1.95. The highest BCUT2D eigenvalue weighted by Gasteiger charge is 2.39. The summed E-state index contributed by atoms with van der Waals surface area (Å²) in [7, 11) is -3.31. The molecular formula is C20H26N2O3S. The third kappa shape index (κ3) is 2.71. The molecule has 1 aliphatic rings. The number of aromatic nitrogens is 2. The molecule has 5 nitrogen and oxygen atoms in total. The highest BCUT2D eigenvalue weighted by molar-refractivity contribution is 7.91. The van der Waals surface area contributed by atoms with Gasteiger partial charge in [0.05, 0.1) is 22.4 Å². The Labute approximate surface area is 155 Å². The van der Waals surface area contributed by atoms with Crippen molar-refractivity contribution >= 4 is 15.6 Å². The highest BCUT2D eigenvalue weighted by atomic mass is 32.2. The third-order valence-corrected chi connectivity index (χ3v) is 7.49. The maximum atomic E-state index is 13.2. The molecule has 0 N–H and O–H groups in total. The maximum absolute atomic E-state index is 13.2. The molecule has 0 unspecified atom stereocenters. The Kier molecular flexibility index (Phi) is 4.38. The molecule has 0 aliphatic carbocycles. The average Bonchev–Trinajstić information content (AvgIpc) is 2.93. The first-order valence-corrected chi connectivity index (χ1v) is 10.6. The van der Waals surface area contributed by atoms with Crippen molar-refractivity contribution in [3.63, 3.8) is 0 Å². The molecule has 140 valence electrons. The minimum absolute atomic E-state index is 0.0932. The monoisotopic (exact) mass is 374 g/mol. The molecule has 1 aromatic carbocycles. The number of aryl methyl sites for hydroxylation is 2. The van der Waals surface area contributed by atoms with Crippen LogP contribution in [0.4, 0.5) is 0 Å².